The van der Waals surface area contributed by atoms with Gasteiger partial charge in [0.1, 0.15) is 5.25 Å². The summed E-state index contributed by atoms with van der Waals surface area (Å²) in [5.74, 6) is -6.65. The zero-order chi connectivity index (χ0) is 20.2. The molecule has 0 aliphatic rings. The van der Waals surface area contributed by atoms with Crippen LogP contribution < -0.4 is 10.6 Å². The average molecular weight is 400 g/mol. The van der Waals surface area contributed by atoms with Crippen molar-refractivity contribution in [3.8, 4) is 0 Å². The van der Waals surface area contributed by atoms with E-state index < -0.39 is 56.6 Å². The van der Waals surface area contributed by atoms with Gasteiger partial charge in [0.05, 0.1) is 17.1 Å². The Morgan fingerprint density at radius 1 is 1.00 bits per heavy atom. The van der Waals surface area contributed by atoms with Crippen LogP contribution in [0.4, 0.5) is 18.9 Å². The van der Waals surface area contributed by atoms with Gasteiger partial charge >= 0.3 is 0 Å². The van der Waals surface area contributed by atoms with E-state index in [1.165, 1.54) is 24.3 Å². The van der Waals surface area contributed by atoms with Crippen LogP contribution in [0.3, 0.4) is 0 Å². The number of hydrogen-bond donors (Lipinski definition) is 2. The maximum atomic E-state index is 13.5. The van der Waals surface area contributed by atoms with Crippen LogP contribution in [0.5, 0.6) is 0 Å². The summed E-state index contributed by atoms with van der Waals surface area (Å²) < 4.78 is 64.1. The van der Waals surface area contributed by atoms with Crippen LogP contribution in [0.15, 0.2) is 47.4 Å². The molecule has 0 saturated carbocycles. The minimum Gasteiger partial charge on any atom is -0.346 e. The Morgan fingerprint density at radius 2 is 1.63 bits per heavy atom. The lowest BCUT2D eigenvalue weighted by molar-refractivity contribution is -0.123. The highest BCUT2D eigenvalue weighted by molar-refractivity contribution is 7.92. The fraction of sp³-hybridized carbons (Fsp3) is 0.176. The van der Waals surface area contributed by atoms with E-state index in [1.807, 2.05) is 5.32 Å². The molecule has 0 aromatic heterocycles. The lowest BCUT2D eigenvalue weighted by Gasteiger charge is -2.13. The summed E-state index contributed by atoms with van der Waals surface area (Å²) >= 11 is 0. The number of rotatable bonds is 6. The maximum Gasteiger partial charge on any atom is 0.243 e. The summed E-state index contributed by atoms with van der Waals surface area (Å²) in [6.07, 6.45) is 0. The van der Waals surface area contributed by atoms with E-state index in [1.54, 1.807) is 6.07 Å². The van der Waals surface area contributed by atoms with Crippen LogP contribution in [-0.2, 0) is 19.4 Å². The second-order valence-electron chi connectivity index (χ2n) is 5.49. The average Bonchev–Trinajstić information content (AvgIpc) is 2.66. The number of amides is 2. The van der Waals surface area contributed by atoms with Gasteiger partial charge in [-0.1, -0.05) is 18.2 Å². The summed E-state index contributed by atoms with van der Waals surface area (Å²) in [4.78, 5) is 23.7. The molecule has 2 aromatic rings. The number of benzene rings is 2. The fourth-order valence-corrected chi connectivity index (χ4v) is 3.39. The molecule has 2 rings (SSSR count). The molecule has 0 saturated heterocycles. The Labute approximate surface area is 153 Å². The SMILES string of the molecule is CC(C(=O)NCC(=O)Nc1ccc(F)c(F)c1F)S(=O)(=O)c1ccccc1. The van der Waals surface area contributed by atoms with Crippen molar-refractivity contribution in [2.45, 2.75) is 17.1 Å². The third-order valence-electron chi connectivity index (χ3n) is 3.64. The van der Waals surface area contributed by atoms with Crippen LogP contribution in [-0.4, -0.2) is 32.0 Å². The van der Waals surface area contributed by atoms with Gasteiger partial charge in [-0.15, -0.1) is 0 Å². The Hall–Kier alpha value is -2.88. The van der Waals surface area contributed by atoms with Crippen molar-refractivity contribution < 1.29 is 31.2 Å². The number of hydrogen-bond acceptors (Lipinski definition) is 4. The highest BCUT2D eigenvalue weighted by Crippen LogP contribution is 2.19. The molecule has 2 aromatic carbocycles. The summed E-state index contributed by atoms with van der Waals surface area (Å²) in [6.45, 7) is 0.469. The fourth-order valence-electron chi connectivity index (χ4n) is 2.08. The first kappa shape index (κ1) is 20.4. The molecule has 0 aliphatic heterocycles. The summed E-state index contributed by atoms with van der Waals surface area (Å²) in [5.41, 5.74) is -0.613. The second-order valence-corrected chi connectivity index (χ2v) is 7.76. The molecule has 10 heteroatoms. The molecule has 0 bridgehead atoms. The first-order chi connectivity index (χ1) is 12.6. The minimum atomic E-state index is -3.96. The lowest BCUT2D eigenvalue weighted by Crippen LogP contribution is -2.41. The number of anilines is 1. The molecule has 0 aliphatic carbocycles. The molecule has 0 heterocycles. The number of carbonyl (C=O) groups is 2. The molecule has 0 fully saturated rings. The van der Waals surface area contributed by atoms with E-state index in [9.17, 15) is 31.2 Å². The highest BCUT2D eigenvalue weighted by atomic mass is 32.2. The van der Waals surface area contributed by atoms with Crippen LogP contribution in [0, 0.1) is 17.5 Å². The topological polar surface area (TPSA) is 92.3 Å². The first-order valence-corrected chi connectivity index (χ1v) is 9.19. The minimum absolute atomic E-state index is 0.0547. The van der Waals surface area contributed by atoms with Crippen LogP contribution in [0.25, 0.3) is 0 Å². The quantitative estimate of drug-likeness (QED) is 0.726. The van der Waals surface area contributed by atoms with Crippen LogP contribution in [0.2, 0.25) is 0 Å². The standard InChI is InChI=1S/C17H15F3N2O4S/c1-10(27(25,26)11-5-3-2-4-6-11)17(24)21-9-14(23)22-13-8-7-12(18)15(19)16(13)20/h2-8,10H,9H2,1H3,(H,21,24)(H,22,23). The van der Waals surface area contributed by atoms with E-state index in [-0.39, 0.29) is 4.90 Å². The first-order valence-electron chi connectivity index (χ1n) is 7.64. The van der Waals surface area contributed by atoms with Gasteiger partial charge in [-0.25, -0.2) is 21.6 Å². The third kappa shape index (κ3) is 4.64. The third-order valence-corrected chi connectivity index (χ3v) is 5.71. The Bertz CT molecular complexity index is 966. The van der Waals surface area contributed by atoms with Gasteiger partial charge in [0.15, 0.2) is 27.3 Å². The molecule has 2 amide bonds. The van der Waals surface area contributed by atoms with Gasteiger partial charge in [-0.2, -0.15) is 0 Å². The number of carbonyl (C=O) groups excluding carboxylic acids is 2. The number of halogens is 3. The van der Waals surface area contributed by atoms with E-state index in [4.69, 9.17) is 0 Å². The van der Waals surface area contributed by atoms with Gasteiger partial charge in [0.2, 0.25) is 11.8 Å². The molecular weight excluding hydrogens is 385 g/mol. The molecule has 0 radical (unpaired) electrons. The summed E-state index contributed by atoms with van der Waals surface area (Å²) in [7, 11) is -3.96. The Morgan fingerprint density at radius 3 is 2.26 bits per heavy atom. The Balaban J connectivity index is 1.99. The van der Waals surface area contributed by atoms with E-state index in [0.29, 0.717) is 6.07 Å². The zero-order valence-electron chi connectivity index (χ0n) is 14.0. The normalized spacial score (nSPS) is 12.3. The largest absolute Gasteiger partial charge is 0.346 e. The monoisotopic (exact) mass is 400 g/mol. The molecular formula is C17H15F3N2O4S. The maximum absolute atomic E-state index is 13.5. The molecule has 1 atom stereocenters. The van der Waals surface area contributed by atoms with Crippen molar-refractivity contribution in [1.29, 1.82) is 0 Å². The van der Waals surface area contributed by atoms with Crippen molar-refractivity contribution in [2.75, 3.05) is 11.9 Å². The van der Waals surface area contributed by atoms with E-state index >= 15 is 0 Å². The predicted octanol–water partition coefficient (Wildman–Crippen LogP) is 2.02. The van der Waals surface area contributed by atoms with Crippen molar-refractivity contribution in [2.24, 2.45) is 0 Å². The molecule has 144 valence electrons. The van der Waals surface area contributed by atoms with Crippen molar-refractivity contribution in [1.82, 2.24) is 5.32 Å². The van der Waals surface area contributed by atoms with Crippen LogP contribution in [0.1, 0.15) is 6.92 Å². The predicted molar refractivity (Wildman–Crippen MR) is 91.0 cm³/mol. The van der Waals surface area contributed by atoms with Gasteiger partial charge in [-0.3, -0.25) is 9.59 Å². The van der Waals surface area contributed by atoms with Gasteiger partial charge in [-0.05, 0) is 31.2 Å². The number of nitrogens with one attached hydrogen (secondary N) is 2. The second kappa shape index (κ2) is 8.21. The molecule has 1 unspecified atom stereocenters. The summed E-state index contributed by atoms with van der Waals surface area (Å²) in [5, 5.41) is 2.58. The van der Waals surface area contributed by atoms with Gasteiger partial charge in [0.25, 0.3) is 0 Å². The molecule has 27 heavy (non-hydrogen) atoms. The van der Waals surface area contributed by atoms with Crippen molar-refractivity contribution in [3.63, 3.8) is 0 Å². The highest BCUT2D eigenvalue weighted by Gasteiger charge is 2.29. The molecule has 2 N–H and O–H groups in total. The van der Waals surface area contributed by atoms with Gasteiger partial charge in [0, 0.05) is 0 Å². The molecule has 0 spiro atoms. The van der Waals surface area contributed by atoms with Crippen LogP contribution >= 0.6 is 0 Å². The van der Waals surface area contributed by atoms with Crippen molar-refractivity contribution >= 4 is 27.3 Å². The summed E-state index contributed by atoms with van der Waals surface area (Å²) in [6, 6.07) is 8.72. The van der Waals surface area contributed by atoms with Gasteiger partial charge < -0.3 is 10.6 Å². The number of sulfone groups is 1. The van der Waals surface area contributed by atoms with E-state index in [0.717, 1.165) is 13.0 Å². The lowest BCUT2D eigenvalue weighted by atomic mass is 10.2. The van der Waals surface area contributed by atoms with Crippen molar-refractivity contribution in [3.05, 3.63) is 59.9 Å². The zero-order valence-corrected chi connectivity index (χ0v) is 14.8. The van der Waals surface area contributed by atoms with E-state index in [2.05, 4.69) is 5.32 Å². The smallest absolute Gasteiger partial charge is 0.243 e. The molecule has 6 nitrogen and oxygen atoms in total. The Kier molecular flexibility index (Phi) is 6.21.